The Kier molecular flexibility index (Phi) is 4.90. The van der Waals surface area contributed by atoms with Crippen LogP contribution >= 0.6 is 0 Å². The van der Waals surface area contributed by atoms with E-state index in [1.54, 1.807) is 7.11 Å². The predicted molar refractivity (Wildman–Crippen MR) is 66.5 cm³/mol. The number of methoxy groups -OCH3 is 1. The van der Waals surface area contributed by atoms with Gasteiger partial charge in [0.1, 0.15) is 0 Å². The first-order valence-electron chi connectivity index (χ1n) is 5.69. The summed E-state index contributed by atoms with van der Waals surface area (Å²) in [5, 5.41) is 3.56. The fourth-order valence-electron chi connectivity index (χ4n) is 1.99. The molecule has 1 aromatic heterocycles. The van der Waals surface area contributed by atoms with Crippen LogP contribution in [0.3, 0.4) is 0 Å². The highest BCUT2D eigenvalue weighted by atomic mass is 16.5. The number of nitrogens with one attached hydrogen (secondary N) is 1. The van der Waals surface area contributed by atoms with Crippen LogP contribution in [0.5, 0.6) is 0 Å². The van der Waals surface area contributed by atoms with Crippen LogP contribution in [0.25, 0.3) is 0 Å². The zero-order chi connectivity index (χ0) is 12.0. The molecule has 90 valence electrons. The molecule has 0 fully saturated rings. The van der Waals surface area contributed by atoms with E-state index in [0.29, 0.717) is 12.6 Å². The third-order valence-corrected chi connectivity index (χ3v) is 2.43. The van der Waals surface area contributed by atoms with E-state index in [1.165, 1.54) is 5.56 Å². The van der Waals surface area contributed by atoms with Crippen LogP contribution in [0, 0.1) is 0 Å². The molecule has 0 spiro atoms. The summed E-state index contributed by atoms with van der Waals surface area (Å²) in [7, 11) is 1.73. The molecule has 0 aliphatic rings. The highest BCUT2D eigenvalue weighted by molar-refractivity contribution is 5.11. The SMILES string of the molecule is COCC(C)(C)NC(C)Cc1ccncc1. The summed E-state index contributed by atoms with van der Waals surface area (Å²) in [4.78, 5) is 4.02. The fourth-order valence-corrected chi connectivity index (χ4v) is 1.99. The molecule has 0 saturated carbocycles. The van der Waals surface area contributed by atoms with Crippen LogP contribution in [-0.4, -0.2) is 30.3 Å². The van der Waals surface area contributed by atoms with E-state index in [0.717, 1.165) is 6.42 Å². The molecule has 0 aliphatic carbocycles. The van der Waals surface area contributed by atoms with Gasteiger partial charge in [-0.2, -0.15) is 0 Å². The molecule has 0 aliphatic heterocycles. The molecular weight excluding hydrogens is 200 g/mol. The van der Waals surface area contributed by atoms with Gasteiger partial charge in [0.05, 0.1) is 6.61 Å². The van der Waals surface area contributed by atoms with Crippen molar-refractivity contribution in [1.82, 2.24) is 10.3 Å². The van der Waals surface area contributed by atoms with E-state index < -0.39 is 0 Å². The third-order valence-electron chi connectivity index (χ3n) is 2.43. The number of ether oxygens (including phenoxy) is 1. The van der Waals surface area contributed by atoms with Crippen LogP contribution in [0.1, 0.15) is 26.3 Å². The maximum Gasteiger partial charge on any atom is 0.0639 e. The molecule has 1 unspecified atom stereocenters. The first kappa shape index (κ1) is 13.1. The Hall–Kier alpha value is -0.930. The first-order chi connectivity index (χ1) is 7.53. The van der Waals surface area contributed by atoms with Gasteiger partial charge in [0.25, 0.3) is 0 Å². The molecular formula is C13H22N2O. The summed E-state index contributed by atoms with van der Waals surface area (Å²) < 4.78 is 5.19. The van der Waals surface area contributed by atoms with Crippen LogP contribution in [-0.2, 0) is 11.2 Å². The summed E-state index contributed by atoms with van der Waals surface area (Å²) in [5.41, 5.74) is 1.32. The molecule has 0 saturated heterocycles. The molecule has 3 heteroatoms. The van der Waals surface area contributed by atoms with Gasteiger partial charge >= 0.3 is 0 Å². The monoisotopic (exact) mass is 222 g/mol. The Morgan fingerprint density at radius 3 is 2.56 bits per heavy atom. The lowest BCUT2D eigenvalue weighted by Crippen LogP contribution is -2.48. The Labute approximate surface area is 98.2 Å². The molecule has 0 radical (unpaired) electrons. The maximum atomic E-state index is 5.19. The molecule has 0 amide bonds. The minimum atomic E-state index is 0.0151. The minimum absolute atomic E-state index is 0.0151. The average Bonchev–Trinajstić information content (AvgIpc) is 2.17. The molecule has 1 atom stereocenters. The van der Waals surface area contributed by atoms with Gasteiger partial charge in [-0.15, -0.1) is 0 Å². The van der Waals surface area contributed by atoms with Crippen molar-refractivity contribution in [3.63, 3.8) is 0 Å². The number of hydrogen-bond acceptors (Lipinski definition) is 3. The fraction of sp³-hybridized carbons (Fsp3) is 0.615. The Morgan fingerprint density at radius 1 is 1.38 bits per heavy atom. The van der Waals surface area contributed by atoms with Crippen LogP contribution in [0.15, 0.2) is 24.5 Å². The normalized spacial score (nSPS) is 13.8. The lowest BCUT2D eigenvalue weighted by molar-refractivity contribution is 0.122. The Bertz CT molecular complexity index is 298. The largest absolute Gasteiger partial charge is 0.383 e. The van der Waals surface area contributed by atoms with E-state index in [2.05, 4.69) is 43.2 Å². The van der Waals surface area contributed by atoms with Crippen LogP contribution < -0.4 is 5.32 Å². The first-order valence-corrected chi connectivity index (χ1v) is 5.69. The van der Waals surface area contributed by atoms with Gasteiger partial charge < -0.3 is 10.1 Å². The second-order valence-corrected chi connectivity index (χ2v) is 4.92. The van der Waals surface area contributed by atoms with Crippen molar-refractivity contribution in [3.05, 3.63) is 30.1 Å². The van der Waals surface area contributed by atoms with E-state index in [-0.39, 0.29) is 5.54 Å². The Morgan fingerprint density at radius 2 is 2.00 bits per heavy atom. The van der Waals surface area contributed by atoms with Crippen LogP contribution in [0.4, 0.5) is 0 Å². The van der Waals surface area contributed by atoms with Crippen molar-refractivity contribution >= 4 is 0 Å². The lowest BCUT2D eigenvalue weighted by atomic mass is 10.0. The number of hydrogen-bond donors (Lipinski definition) is 1. The molecule has 3 nitrogen and oxygen atoms in total. The third kappa shape index (κ3) is 4.73. The van der Waals surface area contributed by atoms with Gasteiger partial charge in [0.15, 0.2) is 0 Å². The van der Waals surface area contributed by atoms with E-state index in [4.69, 9.17) is 4.74 Å². The van der Waals surface area contributed by atoms with Gasteiger partial charge in [0, 0.05) is 31.1 Å². The van der Waals surface area contributed by atoms with Gasteiger partial charge in [-0.1, -0.05) is 0 Å². The molecule has 0 bridgehead atoms. The van der Waals surface area contributed by atoms with Crippen molar-refractivity contribution in [2.24, 2.45) is 0 Å². The minimum Gasteiger partial charge on any atom is -0.383 e. The quantitative estimate of drug-likeness (QED) is 0.799. The summed E-state index contributed by atoms with van der Waals surface area (Å²) in [5.74, 6) is 0. The lowest BCUT2D eigenvalue weighted by Gasteiger charge is -2.29. The molecule has 1 N–H and O–H groups in total. The van der Waals surface area contributed by atoms with E-state index in [9.17, 15) is 0 Å². The zero-order valence-corrected chi connectivity index (χ0v) is 10.7. The smallest absolute Gasteiger partial charge is 0.0639 e. The number of nitrogens with zero attached hydrogens (tertiary/aromatic N) is 1. The van der Waals surface area contributed by atoms with E-state index >= 15 is 0 Å². The maximum absolute atomic E-state index is 5.19. The average molecular weight is 222 g/mol. The summed E-state index contributed by atoms with van der Waals surface area (Å²) in [6.45, 7) is 7.21. The van der Waals surface area contributed by atoms with Crippen molar-refractivity contribution in [3.8, 4) is 0 Å². The molecule has 0 aromatic carbocycles. The summed E-state index contributed by atoms with van der Waals surface area (Å²) in [6, 6.07) is 4.54. The molecule has 1 rings (SSSR count). The second kappa shape index (κ2) is 5.97. The van der Waals surface area contributed by atoms with E-state index in [1.807, 2.05) is 12.4 Å². The molecule has 1 heterocycles. The van der Waals surface area contributed by atoms with Crippen molar-refractivity contribution in [2.45, 2.75) is 38.8 Å². The topological polar surface area (TPSA) is 34.1 Å². The van der Waals surface area contributed by atoms with Gasteiger partial charge in [-0.25, -0.2) is 0 Å². The Balaban J connectivity index is 2.44. The second-order valence-electron chi connectivity index (χ2n) is 4.92. The molecule has 16 heavy (non-hydrogen) atoms. The number of rotatable bonds is 6. The van der Waals surface area contributed by atoms with Crippen molar-refractivity contribution in [2.75, 3.05) is 13.7 Å². The van der Waals surface area contributed by atoms with Crippen molar-refractivity contribution < 1.29 is 4.74 Å². The number of pyridine rings is 1. The van der Waals surface area contributed by atoms with Gasteiger partial charge in [0.2, 0.25) is 0 Å². The highest BCUT2D eigenvalue weighted by Gasteiger charge is 2.19. The summed E-state index contributed by atoms with van der Waals surface area (Å²) in [6.07, 6.45) is 4.68. The van der Waals surface area contributed by atoms with Gasteiger partial charge in [-0.05, 0) is 44.9 Å². The summed E-state index contributed by atoms with van der Waals surface area (Å²) >= 11 is 0. The van der Waals surface area contributed by atoms with Crippen molar-refractivity contribution in [1.29, 1.82) is 0 Å². The van der Waals surface area contributed by atoms with Crippen LogP contribution in [0.2, 0.25) is 0 Å². The molecule has 1 aromatic rings. The van der Waals surface area contributed by atoms with Gasteiger partial charge in [-0.3, -0.25) is 4.98 Å². The zero-order valence-electron chi connectivity index (χ0n) is 10.7. The standard InChI is InChI=1S/C13H22N2O/c1-11(15-13(2,3)10-16-4)9-12-5-7-14-8-6-12/h5-8,11,15H,9-10H2,1-4H3. The predicted octanol–water partition coefficient (Wildman–Crippen LogP) is 2.03. The number of aromatic nitrogens is 1. The highest BCUT2D eigenvalue weighted by Crippen LogP contribution is 2.07.